The number of hydrazine groups is 1. The molecular formula is C13H22N4O2S. The lowest BCUT2D eigenvalue weighted by molar-refractivity contribution is 0.257. The van der Waals surface area contributed by atoms with Crippen molar-refractivity contribution in [2.24, 2.45) is 17.7 Å². The highest BCUT2D eigenvalue weighted by atomic mass is 32.2. The summed E-state index contributed by atoms with van der Waals surface area (Å²) >= 11 is 0. The summed E-state index contributed by atoms with van der Waals surface area (Å²) in [6, 6.07) is 3.06. The zero-order chi connectivity index (χ0) is 14.8. The second-order valence-electron chi connectivity index (χ2n) is 5.73. The number of aromatic nitrogens is 1. The van der Waals surface area contributed by atoms with Gasteiger partial charge in [-0.2, -0.15) is 0 Å². The van der Waals surface area contributed by atoms with E-state index >= 15 is 0 Å². The summed E-state index contributed by atoms with van der Waals surface area (Å²) < 4.78 is 27.7. The quantitative estimate of drug-likeness (QED) is 0.578. The van der Waals surface area contributed by atoms with Crippen LogP contribution in [0.15, 0.2) is 23.2 Å². The SMILES string of the molecule is CC1CC(C)CC(NS(=O)(=O)c2cccnc2NN)C1. The van der Waals surface area contributed by atoms with Crippen LogP contribution in [0.3, 0.4) is 0 Å². The van der Waals surface area contributed by atoms with Crippen LogP contribution in [0.2, 0.25) is 0 Å². The fourth-order valence-corrected chi connectivity index (χ4v) is 4.42. The number of nitrogen functional groups attached to an aromatic ring is 1. The Bertz CT molecular complexity index is 551. The maximum Gasteiger partial charge on any atom is 0.244 e. The van der Waals surface area contributed by atoms with Gasteiger partial charge >= 0.3 is 0 Å². The summed E-state index contributed by atoms with van der Waals surface area (Å²) in [5.41, 5.74) is 2.33. The Labute approximate surface area is 120 Å². The third-order valence-electron chi connectivity index (χ3n) is 3.70. The van der Waals surface area contributed by atoms with Gasteiger partial charge in [-0.3, -0.25) is 0 Å². The maximum absolute atomic E-state index is 12.4. The second-order valence-corrected chi connectivity index (χ2v) is 7.41. The van der Waals surface area contributed by atoms with Crippen molar-refractivity contribution in [3.63, 3.8) is 0 Å². The van der Waals surface area contributed by atoms with Gasteiger partial charge in [0, 0.05) is 12.2 Å². The molecule has 0 aromatic carbocycles. The Morgan fingerprint density at radius 2 is 1.90 bits per heavy atom. The molecule has 1 fully saturated rings. The van der Waals surface area contributed by atoms with Crippen molar-refractivity contribution >= 4 is 15.8 Å². The topological polar surface area (TPSA) is 97.1 Å². The van der Waals surface area contributed by atoms with Crippen molar-refractivity contribution in [1.29, 1.82) is 0 Å². The average Bonchev–Trinajstić information content (AvgIpc) is 2.36. The third-order valence-corrected chi connectivity index (χ3v) is 5.25. The first-order valence-electron chi connectivity index (χ1n) is 6.86. The van der Waals surface area contributed by atoms with Crippen molar-refractivity contribution in [1.82, 2.24) is 9.71 Å². The molecule has 1 heterocycles. The molecule has 1 saturated carbocycles. The number of rotatable bonds is 4. The highest BCUT2D eigenvalue weighted by Crippen LogP contribution is 2.29. The van der Waals surface area contributed by atoms with E-state index in [0.29, 0.717) is 11.8 Å². The second kappa shape index (κ2) is 6.07. The van der Waals surface area contributed by atoms with Gasteiger partial charge in [-0.25, -0.2) is 24.0 Å². The highest BCUT2D eigenvalue weighted by Gasteiger charge is 2.29. The normalized spacial score (nSPS) is 27.2. The molecule has 0 radical (unpaired) electrons. The van der Waals surface area contributed by atoms with Gasteiger partial charge in [0.2, 0.25) is 10.0 Å². The molecule has 20 heavy (non-hydrogen) atoms. The first kappa shape index (κ1) is 15.2. The van der Waals surface area contributed by atoms with Crippen LogP contribution < -0.4 is 16.0 Å². The highest BCUT2D eigenvalue weighted by molar-refractivity contribution is 7.89. The van der Waals surface area contributed by atoms with E-state index in [1.807, 2.05) is 0 Å². The van der Waals surface area contributed by atoms with Gasteiger partial charge in [0.05, 0.1) is 0 Å². The molecule has 1 aromatic rings. The molecule has 0 amide bonds. The molecule has 2 unspecified atom stereocenters. The van der Waals surface area contributed by atoms with Crippen LogP contribution in [0, 0.1) is 11.8 Å². The van der Waals surface area contributed by atoms with Gasteiger partial charge in [-0.05, 0) is 43.2 Å². The minimum absolute atomic E-state index is 0.0235. The lowest BCUT2D eigenvalue weighted by Crippen LogP contribution is -2.40. The summed E-state index contributed by atoms with van der Waals surface area (Å²) in [6.07, 6.45) is 4.39. The summed E-state index contributed by atoms with van der Waals surface area (Å²) in [4.78, 5) is 4.02. The third kappa shape index (κ3) is 3.47. The molecule has 6 nitrogen and oxygen atoms in total. The smallest absolute Gasteiger partial charge is 0.244 e. The molecule has 2 atom stereocenters. The van der Waals surface area contributed by atoms with Gasteiger partial charge in [0.25, 0.3) is 0 Å². The maximum atomic E-state index is 12.4. The Morgan fingerprint density at radius 1 is 1.25 bits per heavy atom. The van der Waals surface area contributed by atoms with E-state index < -0.39 is 10.0 Å². The predicted molar refractivity (Wildman–Crippen MR) is 78.3 cm³/mol. The van der Waals surface area contributed by atoms with Crippen molar-refractivity contribution in [2.75, 3.05) is 5.43 Å². The van der Waals surface area contributed by atoms with E-state index in [1.54, 1.807) is 6.07 Å². The van der Waals surface area contributed by atoms with Crippen molar-refractivity contribution < 1.29 is 8.42 Å². The summed E-state index contributed by atoms with van der Waals surface area (Å²) in [5.74, 6) is 6.55. The Kier molecular flexibility index (Phi) is 4.62. The first-order chi connectivity index (χ1) is 9.42. The lowest BCUT2D eigenvalue weighted by Gasteiger charge is -2.31. The standard InChI is InChI=1S/C13H22N4O2S/c1-9-6-10(2)8-11(7-9)17-20(18,19)12-4-3-5-15-13(12)16-14/h3-5,9-11,17H,6-8,14H2,1-2H3,(H,15,16). The molecule has 0 bridgehead atoms. The minimum Gasteiger partial charge on any atom is -0.307 e. The number of hydrogen-bond donors (Lipinski definition) is 3. The molecule has 7 heteroatoms. The Balaban J connectivity index is 2.19. The number of hydrogen-bond acceptors (Lipinski definition) is 5. The van der Waals surface area contributed by atoms with Crippen LogP contribution in [0.1, 0.15) is 33.1 Å². The van der Waals surface area contributed by atoms with E-state index in [9.17, 15) is 8.42 Å². The zero-order valence-corrected chi connectivity index (χ0v) is 12.7. The van der Waals surface area contributed by atoms with E-state index in [2.05, 4.69) is 29.0 Å². The number of sulfonamides is 1. The molecule has 1 aliphatic carbocycles. The van der Waals surface area contributed by atoms with Crippen molar-refractivity contribution in [2.45, 2.75) is 44.0 Å². The number of anilines is 1. The number of nitrogens with one attached hydrogen (secondary N) is 2. The zero-order valence-electron chi connectivity index (χ0n) is 11.8. The van der Waals surface area contributed by atoms with Crippen LogP contribution in [0.25, 0.3) is 0 Å². The molecule has 0 saturated heterocycles. The van der Waals surface area contributed by atoms with Gasteiger partial charge in [0.15, 0.2) is 5.82 Å². The fraction of sp³-hybridized carbons (Fsp3) is 0.615. The first-order valence-corrected chi connectivity index (χ1v) is 8.34. The predicted octanol–water partition coefficient (Wildman–Crippen LogP) is 1.47. The Hall–Kier alpha value is -1.18. The van der Waals surface area contributed by atoms with Gasteiger partial charge < -0.3 is 5.43 Å². The summed E-state index contributed by atoms with van der Waals surface area (Å²) in [6.45, 7) is 4.32. The molecular weight excluding hydrogens is 276 g/mol. The van der Waals surface area contributed by atoms with Gasteiger partial charge in [-0.15, -0.1) is 0 Å². The molecule has 1 aromatic heterocycles. The summed E-state index contributed by atoms with van der Waals surface area (Å²) in [7, 11) is -3.60. The van der Waals surface area contributed by atoms with E-state index in [-0.39, 0.29) is 16.8 Å². The molecule has 1 aliphatic rings. The van der Waals surface area contributed by atoms with Crippen LogP contribution in [-0.4, -0.2) is 19.4 Å². The van der Waals surface area contributed by atoms with Gasteiger partial charge in [0.1, 0.15) is 4.90 Å². The largest absolute Gasteiger partial charge is 0.307 e. The van der Waals surface area contributed by atoms with Crippen LogP contribution in [0.4, 0.5) is 5.82 Å². The van der Waals surface area contributed by atoms with Crippen LogP contribution in [0.5, 0.6) is 0 Å². The number of pyridine rings is 1. The number of nitrogens with zero attached hydrogens (tertiary/aromatic N) is 1. The monoisotopic (exact) mass is 298 g/mol. The summed E-state index contributed by atoms with van der Waals surface area (Å²) in [5, 5.41) is 0. The van der Waals surface area contributed by atoms with Gasteiger partial charge in [-0.1, -0.05) is 13.8 Å². The van der Waals surface area contributed by atoms with Crippen molar-refractivity contribution in [3.05, 3.63) is 18.3 Å². The number of nitrogens with two attached hydrogens (primary N) is 1. The Morgan fingerprint density at radius 3 is 2.50 bits per heavy atom. The fourth-order valence-electron chi connectivity index (χ4n) is 3.04. The van der Waals surface area contributed by atoms with E-state index in [0.717, 1.165) is 19.3 Å². The van der Waals surface area contributed by atoms with E-state index in [4.69, 9.17) is 5.84 Å². The molecule has 112 valence electrons. The van der Waals surface area contributed by atoms with Crippen LogP contribution >= 0.6 is 0 Å². The minimum atomic E-state index is -3.60. The molecule has 2 rings (SSSR count). The molecule has 0 spiro atoms. The van der Waals surface area contributed by atoms with Crippen molar-refractivity contribution in [3.8, 4) is 0 Å². The molecule has 4 N–H and O–H groups in total. The molecule has 0 aliphatic heterocycles. The average molecular weight is 298 g/mol. The van der Waals surface area contributed by atoms with E-state index in [1.165, 1.54) is 12.3 Å². The lowest BCUT2D eigenvalue weighted by atomic mass is 9.81. The van der Waals surface area contributed by atoms with Crippen LogP contribution in [-0.2, 0) is 10.0 Å².